The molecule has 3 aromatic rings. The number of aliphatic hydroxyl groups excluding tert-OH is 1. The van der Waals surface area contributed by atoms with E-state index in [1.165, 1.54) is 23.9 Å². The molecule has 45 heavy (non-hydrogen) atoms. The van der Waals surface area contributed by atoms with Gasteiger partial charge in [-0.15, -0.1) is 11.8 Å². The average Bonchev–Trinajstić information content (AvgIpc) is 3.53. The summed E-state index contributed by atoms with van der Waals surface area (Å²) in [4.78, 5) is 37.4. The van der Waals surface area contributed by atoms with E-state index in [0.29, 0.717) is 28.3 Å². The first-order chi connectivity index (χ1) is 21.5. The van der Waals surface area contributed by atoms with Crippen LogP contribution >= 0.6 is 11.8 Å². The highest BCUT2D eigenvalue weighted by molar-refractivity contribution is 7.99. The van der Waals surface area contributed by atoms with Crippen molar-refractivity contribution in [3.63, 3.8) is 0 Å². The van der Waals surface area contributed by atoms with Crippen molar-refractivity contribution in [2.24, 2.45) is 0 Å². The second-order valence-corrected chi connectivity index (χ2v) is 11.9. The lowest BCUT2D eigenvalue weighted by molar-refractivity contribution is -0.245. The van der Waals surface area contributed by atoms with Crippen LogP contribution in [0.5, 0.6) is 0 Å². The summed E-state index contributed by atoms with van der Waals surface area (Å²) >= 11 is 1.50. The Morgan fingerprint density at radius 2 is 1.71 bits per heavy atom. The summed E-state index contributed by atoms with van der Waals surface area (Å²) in [6, 6.07) is 19.3. The van der Waals surface area contributed by atoms with Gasteiger partial charge in [0.25, 0.3) is 0 Å². The minimum atomic E-state index is -5.07. The first-order valence-electron chi connectivity index (χ1n) is 14.3. The van der Waals surface area contributed by atoms with Crippen molar-refractivity contribution in [3.05, 3.63) is 95.1 Å². The van der Waals surface area contributed by atoms with Gasteiger partial charge >= 0.3 is 18.1 Å². The fraction of sp³-hybridized carbons (Fsp3) is 0.344. The molecule has 2 heterocycles. The molecule has 0 radical (unpaired) electrons. The van der Waals surface area contributed by atoms with Crippen molar-refractivity contribution in [1.82, 2.24) is 4.90 Å². The van der Waals surface area contributed by atoms with Gasteiger partial charge in [0.05, 0.1) is 24.4 Å². The van der Waals surface area contributed by atoms with Crippen LogP contribution in [0, 0.1) is 0 Å². The van der Waals surface area contributed by atoms with Crippen LogP contribution in [0.15, 0.2) is 77.7 Å². The molecule has 0 bridgehead atoms. The van der Waals surface area contributed by atoms with Crippen LogP contribution in [0.2, 0.25) is 0 Å². The molecule has 2 amide bonds. The number of carbonyl (C=O) groups is 3. The topological polar surface area (TPSA) is 125 Å². The zero-order valence-corrected chi connectivity index (χ0v) is 24.7. The number of aromatic carboxylic acids is 1. The summed E-state index contributed by atoms with van der Waals surface area (Å²) in [7, 11) is 0. The maximum Gasteiger partial charge on any atom is 0.471 e. The van der Waals surface area contributed by atoms with Gasteiger partial charge < -0.3 is 29.9 Å². The van der Waals surface area contributed by atoms with Gasteiger partial charge in [-0.1, -0.05) is 36.4 Å². The van der Waals surface area contributed by atoms with Gasteiger partial charge in [0, 0.05) is 34.9 Å². The number of hydrogen-bond acceptors (Lipinski definition) is 7. The smallest absolute Gasteiger partial charge is 0.471 e. The second kappa shape index (κ2) is 14.0. The lowest BCUT2D eigenvalue weighted by Gasteiger charge is -2.36. The second-order valence-electron chi connectivity index (χ2n) is 10.8. The van der Waals surface area contributed by atoms with E-state index in [4.69, 9.17) is 14.6 Å². The largest absolute Gasteiger partial charge is 0.478 e. The first kappa shape index (κ1) is 32.5. The number of nitrogens with one attached hydrogen (secondary N) is 1. The summed E-state index contributed by atoms with van der Waals surface area (Å²) in [6.45, 7) is -0.247. The van der Waals surface area contributed by atoms with Gasteiger partial charge in [0.15, 0.2) is 6.29 Å². The fourth-order valence-electron chi connectivity index (χ4n) is 5.34. The van der Waals surface area contributed by atoms with E-state index in [1.54, 1.807) is 36.4 Å². The molecule has 2 fully saturated rings. The predicted octanol–water partition coefficient (Wildman–Crippen LogP) is 5.71. The highest BCUT2D eigenvalue weighted by atomic mass is 32.2. The summed E-state index contributed by atoms with van der Waals surface area (Å²) in [6.07, 6.45) is -5.68. The quantitative estimate of drug-likeness (QED) is 0.253. The Kier molecular flexibility index (Phi) is 10.1. The third kappa shape index (κ3) is 8.03. The van der Waals surface area contributed by atoms with Crippen LogP contribution in [-0.4, -0.2) is 63.5 Å². The normalized spacial score (nSPS) is 21.8. The van der Waals surface area contributed by atoms with Crippen molar-refractivity contribution in [2.45, 2.75) is 61.5 Å². The number of benzene rings is 3. The molecule has 9 nitrogen and oxygen atoms in total. The fourth-order valence-corrected chi connectivity index (χ4v) is 6.26. The minimum Gasteiger partial charge on any atom is -0.478 e. The van der Waals surface area contributed by atoms with Crippen LogP contribution in [0.3, 0.4) is 0 Å². The molecule has 0 aromatic heterocycles. The summed E-state index contributed by atoms with van der Waals surface area (Å²) in [5.74, 6) is -3.22. The molecule has 3 N–H and O–H groups in total. The highest BCUT2D eigenvalue weighted by Crippen LogP contribution is 2.40. The van der Waals surface area contributed by atoms with Gasteiger partial charge in [0.1, 0.15) is 6.04 Å². The Hall–Kier alpha value is -3.91. The summed E-state index contributed by atoms with van der Waals surface area (Å²) in [5.41, 5.74) is 2.70. The van der Waals surface area contributed by atoms with Gasteiger partial charge in [-0.25, -0.2) is 4.79 Å². The molecule has 4 atom stereocenters. The number of rotatable bonds is 9. The SMILES string of the molecule is O=C(O)c1ccc(SC[C@@H]2C[C@H](c3ccc(CO)cc3)O[C@H](c3cccc(NC(=O)[C@@H]4CCCN4C(=O)C(F)(F)F)c3)O2)cc1. The molecule has 5 rings (SSSR count). The third-order valence-electron chi connectivity index (χ3n) is 7.64. The van der Waals surface area contributed by atoms with E-state index in [1.807, 2.05) is 24.3 Å². The van der Waals surface area contributed by atoms with Gasteiger partial charge in [0.2, 0.25) is 5.91 Å². The van der Waals surface area contributed by atoms with E-state index in [9.17, 15) is 32.7 Å². The monoisotopic (exact) mass is 644 g/mol. The van der Waals surface area contributed by atoms with Crippen molar-refractivity contribution in [2.75, 3.05) is 17.6 Å². The van der Waals surface area contributed by atoms with E-state index in [2.05, 4.69) is 5.32 Å². The Labute approximate surface area is 261 Å². The van der Waals surface area contributed by atoms with Crippen molar-refractivity contribution < 1.29 is 47.2 Å². The number of aliphatic hydroxyl groups is 1. The predicted molar refractivity (Wildman–Crippen MR) is 158 cm³/mol. The first-order valence-corrected chi connectivity index (χ1v) is 15.3. The Morgan fingerprint density at radius 3 is 2.38 bits per heavy atom. The molecule has 2 aliphatic heterocycles. The Morgan fingerprint density at radius 1 is 0.978 bits per heavy atom. The van der Waals surface area contributed by atoms with Crippen molar-refractivity contribution in [1.29, 1.82) is 0 Å². The van der Waals surface area contributed by atoms with Crippen LogP contribution in [0.1, 0.15) is 58.7 Å². The molecule has 0 spiro atoms. The molecule has 2 aliphatic rings. The number of thioether (sulfide) groups is 1. The number of carboxylic acid groups (broad SMARTS) is 1. The number of alkyl halides is 3. The van der Waals surface area contributed by atoms with E-state index in [0.717, 1.165) is 16.0 Å². The molecule has 0 saturated carbocycles. The van der Waals surface area contributed by atoms with E-state index < -0.39 is 36.3 Å². The molecule has 2 saturated heterocycles. The highest BCUT2D eigenvalue weighted by Gasteiger charge is 2.47. The lowest BCUT2D eigenvalue weighted by Crippen LogP contribution is -2.48. The number of halogens is 3. The number of ether oxygens (including phenoxy) is 2. The molecule has 238 valence electrons. The van der Waals surface area contributed by atoms with E-state index >= 15 is 0 Å². The molecule has 0 aliphatic carbocycles. The van der Waals surface area contributed by atoms with Crippen LogP contribution in [-0.2, 0) is 25.7 Å². The minimum absolute atomic E-state index is 0.0982. The number of amides is 2. The zero-order valence-electron chi connectivity index (χ0n) is 23.9. The van der Waals surface area contributed by atoms with E-state index in [-0.39, 0.29) is 43.8 Å². The Balaban J connectivity index is 1.32. The Bertz CT molecular complexity index is 1520. The zero-order chi connectivity index (χ0) is 32.1. The standard InChI is InChI=1S/C32H31F3N2O7S/c33-32(34,35)31(42)37-14-2-5-26(37)28(39)36-23-4-1-3-22(15-23)30-43-24(18-45-25-12-10-21(11-13-25)29(40)41)16-27(44-30)20-8-6-19(17-38)7-9-20/h1,3-4,6-13,15,24,26-27,30,38H,2,5,14,16-18H2,(H,36,39)(H,40,41)/t24-,26-,27+,30+/m0/s1. The third-order valence-corrected chi connectivity index (χ3v) is 8.78. The number of anilines is 1. The maximum absolute atomic E-state index is 13.1. The van der Waals surface area contributed by atoms with Gasteiger partial charge in [-0.2, -0.15) is 13.2 Å². The average molecular weight is 645 g/mol. The molecular weight excluding hydrogens is 613 g/mol. The number of carboxylic acids is 1. The molecule has 3 aromatic carbocycles. The van der Waals surface area contributed by atoms with Crippen LogP contribution < -0.4 is 5.32 Å². The molecule has 13 heteroatoms. The lowest BCUT2D eigenvalue weighted by atomic mass is 10.0. The van der Waals surface area contributed by atoms with Crippen LogP contribution in [0.25, 0.3) is 0 Å². The maximum atomic E-state index is 13.1. The number of nitrogens with zero attached hydrogens (tertiary/aromatic N) is 1. The summed E-state index contributed by atoms with van der Waals surface area (Å²) < 4.78 is 51.9. The number of carbonyl (C=O) groups excluding carboxylic acids is 2. The molecule has 0 unspecified atom stereocenters. The van der Waals surface area contributed by atoms with Crippen molar-refractivity contribution in [3.8, 4) is 0 Å². The van der Waals surface area contributed by atoms with Gasteiger partial charge in [-0.05, 0) is 60.4 Å². The van der Waals surface area contributed by atoms with Crippen LogP contribution in [0.4, 0.5) is 18.9 Å². The number of likely N-dealkylation sites (tertiary alicyclic amines) is 1. The van der Waals surface area contributed by atoms with Crippen molar-refractivity contribution >= 4 is 35.2 Å². The molecular formula is C32H31F3N2O7S. The summed E-state index contributed by atoms with van der Waals surface area (Å²) in [5, 5.41) is 21.3. The van der Waals surface area contributed by atoms with Gasteiger partial charge in [-0.3, -0.25) is 9.59 Å². The number of hydrogen-bond donors (Lipinski definition) is 3.